The van der Waals surface area contributed by atoms with Crippen molar-refractivity contribution in [3.05, 3.63) is 34.4 Å². The standard InChI is InChI=1S/C32H41NO5S2/c1-17-18(2)40-29(33-17)39-16-25(36)32-26(37-28(38-32)19-7-5-6-8-19)14-23-22-10-9-20-13-21(34)11-12-30(20,3)27(22)24(35)15-31(23,32)4/h11-13,19,22-24,26-28,35H,5-10,14-16H2,1-4H3/t22?,23?,24-,26-,27?,28?,30?,31?,32+/m0/s1. The Hall–Kier alpha value is -1.32. The van der Waals surface area contributed by atoms with Crippen LogP contribution in [0, 0.1) is 48.3 Å². The van der Waals surface area contributed by atoms with Crippen LogP contribution in [0.3, 0.4) is 0 Å². The van der Waals surface area contributed by atoms with Gasteiger partial charge in [-0.05, 0) is 76.4 Å². The van der Waals surface area contributed by atoms with Gasteiger partial charge in [-0.1, -0.05) is 50.1 Å². The summed E-state index contributed by atoms with van der Waals surface area (Å²) in [7, 11) is 0. The second-order valence-corrected chi connectivity index (χ2v) is 16.1. The molecule has 0 aromatic carbocycles. The highest BCUT2D eigenvalue weighted by Gasteiger charge is 2.76. The summed E-state index contributed by atoms with van der Waals surface area (Å²) >= 11 is 3.16. The molecule has 0 radical (unpaired) electrons. The van der Waals surface area contributed by atoms with E-state index in [1.807, 2.05) is 13.0 Å². The first-order chi connectivity index (χ1) is 19.1. The number of nitrogens with zero attached hydrogens (tertiary/aromatic N) is 1. The molecule has 9 atom stereocenters. The highest BCUT2D eigenvalue weighted by molar-refractivity contribution is 8.01. The number of fused-ring (bicyclic) bond motifs is 7. The molecule has 5 aliphatic carbocycles. The van der Waals surface area contributed by atoms with Gasteiger partial charge in [0.25, 0.3) is 0 Å². The minimum Gasteiger partial charge on any atom is -0.393 e. The van der Waals surface area contributed by atoms with Crippen LogP contribution in [0.4, 0.5) is 0 Å². The fraction of sp³-hybridized carbons (Fsp3) is 0.719. The molecule has 40 heavy (non-hydrogen) atoms. The first kappa shape index (κ1) is 27.5. The molecule has 0 amide bonds. The zero-order valence-corrected chi connectivity index (χ0v) is 25.6. The van der Waals surface area contributed by atoms with Crippen LogP contribution in [0.1, 0.15) is 75.8 Å². The largest absolute Gasteiger partial charge is 0.393 e. The maximum absolute atomic E-state index is 14.5. The van der Waals surface area contributed by atoms with E-state index in [4.69, 9.17) is 9.47 Å². The predicted molar refractivity (Wildman–Crippen MR) is 155 cm³/mol. The Bertz CT molecular complexity index is 1280. The molecule has 1 saturated heterocycles. The zero-order chi connectivity index (χ0) is 28.0. The van der Waals surface area contributed by atoms with E-state index in [0.717, 1.165) is 47.7 Å². The first-order valence-corrected chi connectivity index (χ1v) is 16.9. The molecule has 1 aromatic heterocycles. The van der Waals surface area contributed by atoms with Crippen molar-refractivity contribution in [3.8, 4) is 0 Å². The summed E-state index contributed by atoms with van der Waals surface area (Å²) in [5.41, 5.74) is 0.248. The Labute approximate surface area is 245 Å². The smallest absolute Gasteiger partial charge is 0.178 e. The fourth-order valence-electron chi connectivity index (χ4n) is 9.77. The number of allylic oxidation sites excluding steroid dienone is 4. The van der Waals surface area contributed by atoms with Gasteiger partial charge in [-0.25, -0.2) is 4.98 Å². The summed E-state index contributed by atoms with van der Waals surface area (Å²) in [5.74, 6) is 1.23. The van der Waals surface area contributed by atoms with Crippen LogP contribution in [0.5, 0.6) is 0 Å². The highest BCUT2D eigenvalue weighted by Crippen LogP contribution is 2.70. The molecule has 8 heteroatoms. The summed E-state index contributed by atoms with van der Waals surface area (Å²) < 4.78 is 14.7. The van der Waals surface area contributed by atoms with Crippen molar-refractivity contribution in [1.29, 1.82) is 0 Å². The van der Waals surface area contributed by atoms with Gasteiger partial charge in [0.15, 0.2) is 27.8 Å². The second-order valence-electron chi connectivity index (χ2n) is 13.7. The molecule has 6 aliphatic rings. The maximum Gasteiger partial charge on any atom is 0.178 e. The minimum atomic E-state index is -1.05. The normalized spacial score (nSPS) is 44.2. The molecular formula is C32H41NO5S2. The van der Waals surface area contributed by atoms with E-state index in [0.29, 0.717) is 18.1 Å². The van der Waals surface area contributed by atoms with Crippen LogP contribution in [0.2, 0.25) is 0 Å². The van der Waals surface area contributed by atoms with Gasteiger partial charge < -0.3 is 14.6 Å². The van der Waals surface area contributed by atoms with Gasteiger partial charge in [-0.15, -0.1) is 11.3 Å². The third-order valence-electron chi connectivity index (χ3n) is 11.8. The molecule has 6 unspecified atom stereocenters. The number of carbonyl (C=O) groups excluding carboxylic acids is 2. The molecule has 216 valence electrons. The average molecular weight is 584 g/mol. The van der Waals surface area contributed by atoms with Gasteiger partial charge in [0.2, 0.25) is 0 Å². The van der Waals surface area contributed by atoms with Gasteiger partial charge in [0, 0.05) is 27.5 Å². The van der Waals surface area contributed by atoms with E-state index in [-0.39, 0.29) is 47.1 Å². The lowest BCUT2D eigenvalue weighted by Gasteiger charge is -2.59. The number of hydrogen-bond donors (Lipinski definition) is 1. The van der Waals surface area contributed by atoms with Crippen molar-refractivity contribution in [1.82, 2.24) is 4.98 Å². The first-order valence-electron chi connectivity index (χ1n) is 15.1. The lowest BCUT2D eigenvalue weighted by Crippen LogP contribution is -2.63. The van der Waals surface area contributed by atoms with E-state index >= 15 is 0 Å². The minimum absolute atomic E-state index is 0.0159. The molecule has 6 nitrogen and oxygen atoms in total. The number of carbonyl (C=O) groups is 2. The van der Waals surface area contributed by atoms with Gasteiger partial charge in [-0.3, -0.25) is 9.59 Å². The summed E-state index contributed by atoms with van der Waals surface area (Å²) in [6.45, 7) is 8.49. The van der Waals surface area contributed by atoms with Crippen LogP contribution in [0.15, 0.2) is 28.1 Å². The number of ether oxygens (including phenoxy) is 2. The van der Waals surface area contributed by atoms with Crippen molar-refractivity contribution >= 4 is 34.7 Å². The summed E-state index contributed by atoms with van der Waals surface area (Å²) in [6, 6.07) is 0. The van der Waals surface area contributed by atoms with E-state index in [1.165, 1.54) is 29.5 Å². The molecule has 1 aromatic rings. The Balaban J connectivity index is 1.24. The summed E-state index contributed by atoms with van der Waals surface area (Å²) in [5, 5.41) is 12.0. The van der Waals surface area contributed by atoms with E-state index in [2.05, 4.69) is 25.8 Å². The number of thioether (sulfide) groups is 1. The quantitative estimate of drug-likeness (QED) is 0.427. The van der Waals surface area contributed by atoms with Gasteiger partial charge >= 0.3 is 0 Å². The van der Waals surface area contributed by atoms with Crippen LogP contribution >= 0.6 is 23.1 Å². The number of aliphatic hydroxyl groups is 1. The number of aryl methyl sites for hydroxylation is 2. The molecular weight excluding hydrogens is 542 g/mol. The Kier molecular flexibility index (Phi) is 6.60. The highest BCUT2D eigenvalue weighted by atomic mass is 32.2. The van der Waals surface area contributed by atoms with Crippen molar-refractivity contribution < 1.29 is 24.2 Å². The van der Waals surface area contributed by atoms with E-state index in [9.17, 15) is 14.7 Å². The average Bonchev–Trinajstić information content (AvgIpc) is 3.67. The molecule has 1 aliphatic heterocycles. The number of thiazole rings is 1. The number of aliphatic hydroxyl groups excluding tert-OH is 1. The van der Waals surface area contributed by atoms with Crippen LogP contribution in [-0.4, -0.2) is 51.5 Å². The lowest BCUT2D eigenvalue weighted by molar-refractivity contribution is -0.205. The monoisotopic (exact) mass is 583 g/mol. The number of aromatic nitrogens is 1. The molecule has 0 spiro atoms. The number of hydrogen-bond acceptors (Lipinski definition) is 8. The lowest BCUT2D eigenvalue weighted by atomic mass is 9.46. The SMILES string of the molecule is Cc1nc(SCC(=O)[C@@]23OC(C4CCCC4)O[C@H]2CC2C4CCC5=CC(=O)C=CC5(C)C4[C@@H](O)CC23C)sc1C. The van der Waals surface area contributed by atoms with Crippen molar-refractivity contribution in [2.24, 2.45) is 34.5 Å². The van der Waals surface area contributed by atoms with Gasteiger partial charge in [0.1, 0.15) is 0 Å². The summed E-state index contributed by atoms with van der Waals surface area (Å²) in [4.78, 5) is 32.6. The number of ketones is 2. The van der Waals surface area contributed by atoms with Crippen molar-refractivity contribution in [2.45, 2.75) is 108 Å². The number of rotatable bonds is 5. The predicted octanol–water partition coefficient (Wildman–Crippen LogP) is 5.98. The molecule has 2 heterocycles. The Morgan fingerprint density at radius 2 is 2.00 bits per heavy atom. The molecule has 5 fully saturated rings. The van der Waals surface area contributed by atoms with Crippen molar-refractivity contribution in [3.63, 3.8) is 0 Å². The van der Waals surface area contributed by atoms with E-state index in [1.54, 1.807) is 23.5 Å². The third-order valence-corrected chi connectivity index (χ3v) is 14.0. The molecule has 7 rings (SSSR count). The van der Waals surface area contributed by atoms with Gasteiger partial charge in [0.05, 0.1) is 23.7 Å². The van der Waals surface area contributed by atoms with E-state index < -0.39 is 17.1 Å². The maximum atomic E-state index is 14.5. The third kappa shape index (κ3) is 3.81. The topological polar surface area (TPSA) is 85.7 Å². The van der Waals surface area contributed by atoms with Crippen LogP contribution in [0.25, 0.3) is 0 Å². The Morgan fingerprint density at radius 3 is 2.73 bits per heavy atom. The summed E-state index contributed by atoms with van der Waals surface area (Å²) in [6.07, 6.45) is 11.9. The van der Waals surface area contributed by atoms with Crippen molar-refractivity contribution in [2.75, 3.05) is 5.75 Å². The van der Waals surface area contributed by atoms with Gasteiger partial charge in [-0.2, -0.15) is 0 Å². The number of Topliss-reactive ketones (excluding diaryl/α,β-unsaturated/α-hetero) is 1. The fourth-order valence-corrected chi connectivity index (χ4v) is 11.9. The van der Waals surface area contributed by atoms with Crippen LogP contribution < -0.4 is 0 Å². The zero-order valence-electron chi connectivity index (χ0n) is 24.0. The molecule has 0 bridgehead atoms. The molecule has 1 N–H and O–H groups in total. The molecule has 4 saturated carbocycles. The second kappa shape index (κ2) is 9.60. The Morgan fingerprint density at radius 1 is 1.23 bits per heavy atom. The van der Waals surface area contributed by atoms with Crippen LogP contribution in [-0.2, 0) is 19.1 Å².